The van der Waals surface area contributed by atoms with Crippen LogP contribution in [-0.2, 0) is 4.79 Å². The van der Waals surface area contributed by atoms with Gasteiger partial charge in [-0.25, -0.2) is 14.6 Å². The van der Waals surface area contributed by atoms with Gasteiger partial charge in [-0.2, -0.15) is 15.1 Å². The van der Waals surface area contributed by atoms with Gasteiger partial charge in [0.25, 0.3) is 0 Å². The average Bonchev–Trinajstić information content (AvgIpc) is 3.38. The van der Waals surface area contributed by atoms with Crippen molar-refractivity contribution in [2.24, 2.45) is 5.41 Å². The van der Waals surface area contributed by atoms with Crippen molar-refractivity contribution in [2.45, 2.75) is 32.2 Å². The molecule has 0 saturated heterocycles. The van der Waals surface area contributed by atoms with E-state index in [-0.39, 0.29) is 17.4 Å². The maximum Gasteiger partial charge on any atom is 0.316 e. The molecule has 3 aromatic heterocycles. The van der Waals surface area contributed by atoms with Crippen molar-refractivity contribution < 1.29 is 9.53 Å². The molecule has 0 radical (unpaired) electrons. The third-order valence-electron chi connectivity index (χ3n) is 6.20. The molecule has 2 N–H and O–H groups in total. The van der Waals surface area contributed by atoms with Gasteiger partial charge in [-0.3, -0.25) is 4.79 Å². The van der Waals surface area contributed by atoms with Crippen molar-refractivity contribution in [3.63, 3.8) is 0 Å². The minimum absolute atomic E-state index is 0.0723. The number of carbonyl (C=O) groups excluding carboxylic acids is 1. The SMILES string of the molecule is CNC(=O)[C@]1(C)CC[C@@H](Nc2ncc3c(Br)nn(-c4ccc5nc(OC)ncc5c4)c3n2)C1. The van der Waals surface area contributed by atoms with E-state index in [2.05, 4.69) is 46.6 Å². The highest BCUT2D eigenvalue weighted by Gasteiger charge is 2.40. The quantitative estimate of drug-likeness (QED) is 0.419. The molecule has 0 bridgehead atoms. The van der Waals surface area contributed by atoms with Crippen molar-refractivity contribution in [3.8, 4) is 11.7 Å². The zero-order valence-corrected chi connectivity index (χ0v) is 20.0. The second-order valence-electron chi connectivity index (χ2n) is 8.46. The van der Waals surface area contributed by atoms with E-state index in [0.717, 1.165) is 41.2 Å². The summed E-state index contributed by atoms with van der Waals surface area (Å²) in [6.07, 6.45) is 5.89. The zero-order valence-electron chi connectivity index (χ0n) is 18.5. The lowest BCUT2D eigenvalue weighted by Crippen LogP contribution is -2.35. The van der Waals surface area contributed by atoms with E-state index < -0.39 is 0 Å². The molecule has 1 aromatic carbocycles. The first kappa shape index (κ1) is 21.5. The monoisotopic (exact) mass is 510 g/mol. The summed E-state index contributed by atoms with van der Waals surface area (Å²) in [4.78, 5) is 30.0. The van der Waals surface area contributed by atoms with Crippen LogP contribution in [0.3, 0.4) is 0 Å². The fraction of sp³-hybridized carbons (Fsp3) is 0.364. The first-order valence-electron chi connectivity index (χ1n) is 10.6. The van der Waals surface area contributed by atoms with Gasteiger partial charge in [0.2, 0.25) is 11.9 Å². The Morgan fingerprint density at radius 2 is 2.12 bits per heavy atom. The largest absolute Gasteiger partial charge is 0.467 e. The van der Waals surface area contributed by atoms with E-state index in [1.807, 2.05) is 25.1 Å². The van der Waals surface area contributed by atoms with Gasteiger partial charge in [0.1, 0.15) is 4.60 Å². The van der Waals surface area contributed by atoms with Gasteiger partial charge in [0, 0.05) is 36.3 Å². The molecule has 2 atom stereocenters. The van der Waals surface area contributed by atoms with Crippen LogP contribution in [-0.4, -0.2) is 55.8 Å². The number of hydrogen-bond donors (Lipinski definition) is 2. The lowest BCUT2D eigenvalue weighted by Gasteiger charge is -2.22. The Morgan fingerprint density at radius 3 is 2.91 bits per heavy atom. The predicted octanol–water partition coefficient (Wildman–Crippen LogP) is 3.25. The molecule has 11 heteroatoms. The lowest BCUT2D eigenvalue weighted by molar-refractivity contribution is -0.129. The molecule has 4 aromatic rings. The number of halogens is 1. The molecule has 10 nitrogen and oxygen atoms in total. The summed E-state index contributed by atoms with van der Waals surface area (Å²) in [5.41, 5.74) is 1.89. The van der Waals surface area contributed by atoms with Crippen molar-refractivity contribution >= 4 is 49.7 Å². The predicted molar refractivity (Wildman–Crippen MR) is 127 cm³/mol. The molecular weight excluding hydrogens is 488 g/mol. The van der Waals surface area contributed by atoms with Gasteiger partial charge >= 0.3 is 6.01 Å². The molecule has 3 heterocycles. The second kappa shape index (κ2) is 8.22. The number of hydrogen-bond acceptors (Lipinski definition) is 8. The van der Waals surface area contributed by atoms with Gasteiger partial charge in [-0.05, 0) is 53.4 Å². The second-order valence-corrected chi connectivity index (χ2v) is 9.21. The van der Waals surface area contributed by atoms with Crippen LogP contribution < -0.4 is 15.4 Å². The summed E-state index contributed by atoms with van der Waals surface area (Å²) in [6, 6.07) is 6.22. The smallest absolute Gasteiger partial charge is 0.316 e. The lowest BCUT2D eigenvalue weighted by atomic mass is 9.87. The van der Waals surface area contributed by atoms with Crippen LogP contribution in [0.15, 0.2) is 35.2 Å². The first-order chi connectivity index (χ1) is 15.9. The Labute approximate surface area is 198 Å². The van der Waals surface area contributed by atoms with Crippen molar-refractivity contribution in [3.05, 3.63) is 35.2 Å². The van der Waals surface area contributed by atoms with Gasteiger partial charge in [-0.15, -0.1) is 0 Å². The van der Waals surface area contributed by atoms with Crippen LogP contribution in [0, 0.1) is 5.41 Å². The Kier molecular flexibility index (Phi) is 5.35. The molecule has 1 fully saturated rings. The van der Waals surface area contributed by atoms with Gasteiger partial charge < -0.3 is 15.4 Å². The summed E-state index contributed by atoms with van der Waals surface area (Å²) in [5, 5.41) is 12.5. The fourth-order valence-electron chi connectivity index (χ4n) is 4.41. The number of fused-ring (bicyclic) bond motifs is 2. The number of benzene rings is 1. The Hall–Kier alpha value is -3.34. The Bertz CT molecular complexity index is 1370. The highest BCUT2D eigenvalue weighted by Crippen LogP contribution is 2.39. The number of aromatic nitrogens is 6. The average molecular weight is 511 g/mol. The van der Waals surface area contributed by atoms with Crippen molar-refractivity contribution in [2.75, 3.05) is 19.5 Å². The number of rotatable bonds is 5. The van der Waals surface area contributed by atoms with E-state index in [9.17, 15) is 4.79 Å². The molecule has 1 amide bonds. The van der Waals surface area contributed by atoms with Crippen LogP contribution >= 0.6 is 15.9 Å². The highest BCUT2D eigenvalue weighted by atomic mass is 79.9. The number of ether oxygens (including phenoxy) is 1. The minimum Gasteiger partial charge on any atom is -0.467 e. The van der Waals surface area contributed by atoms with Crippen LogP contribution in [0.25, 0.3) is 27.6 Å². The maximum atomic E-state index is 12.2. The van der Waals surface area contributed by atoms with E-state index in [4.69, 9.17) is 9.72 Å². The number of carbonyl (C=O) groups is 1. The molecule has 170 valence electrons. The third-order valence-corrected chi connectivity index (χ3v) is 6.78. The molecule has 0 aliphatic heterocycles. The normalized spacial score (nSPS) is 20.3. The van der Waals surface area contributed by atoms with Gasteiger partial charge in [0.05, 0.1) is 23.7 Å². The summed E-state index contributed by atoms with van der Waals surface area (Å²) in [6.45, 7) is 2.00. The van der Waals surface area contributed by atoms with E-state index in [0.29, 0.717) is 22.2 Å². The van der Waals surface area contributed by atoms with E-state index >= 15 is 0 Å². The molecule has 1 saturated carbocycles. The van der Waals surface area contributed by atoms with Gasteiger partial charge in [-0.1, -0.05) is 6.92 Å². The fourth-order valence-corrected chi connectivity index (χ4v) is 4.85. The maximum absolute atomic E-state index is 12.2. The molecule has 5 rings (SSSR count). The van der Waals surface area contributed by atoms with Crippen LogP contribution in [0.4, 0.5) is 5.95 Å². The standard InChI is InChI=1S/C22H23BrN8O2/c1-22(19(32)24-2)7-6-13(9-22)27-20-25-11-15-17(23)30-31(18(15)29-20)14-4-5-16-12(8-14)10-26-21(28-16)33-3/h4-5,8,10-11,13H,6-7,9H2,1-3H3,(H,24,32)(H,25,27,29)/t13-,22-/m1/s1. The van der Waals surface area contributed by atoms with Crippen molar-refractivity contribution in [1.82, 2.24) is 35.0 Å². The van der Waals surface area contributed by atoms with Crippen LogP contribution in [0.5, 0.6) is 6.01 Å². The first-order valence-corrected chi connectivity index (χ1v) is 11.4. The van der Waals surface area contributed by atoms with Gasteiger partial charge in [0.15, 0.2) is 5.65 Å². The summed E-state index contributed by atoms with van der Waals surface area (Å²) in [7, 11) is 3.22. The van der Waals surface area contributed by atoms with Crippen LogP contribution in [0.2, 0.25) is 0 Å². The number of amides is 1. The summed E-state index contributed by atoms with van der Waals surface area (Å²) in [5.74, 6) is 0.583. The Balaban J connectivity index is 1.47. The third kappa shape index (κ3) is 3.86. The summed E-state index contributed by atoms with van der Waals surface area (Å²) >= 11 is 3.52. The molecule has 33 heavy (non-hydrogen) atoms. The number of anilines is 1. The molecule has 1 aliphatic rings. The molecule has 1 aliphatic carbocycles. The Morgan fingerprint density at radius 1 is 1.27 bits per heavy atom. The van der Waals surface area contributed by atoms with E-state index in [1.54, 1.807) is 31.2 Å². The minimum atomic E-state index is -0.378. The molecular formula is C22H23BrN8O2. The number of nitrogens with zero attached hydrogens (tertiary/aromatic N) is 6. The van der Waals surface area contributed by atoms with E-state index in [1.165, 1.54) is 0 Å². The number of nitrogens with one attached hydrogen (secondary N) is 2. The number of methoxy groups -OCH3 is 1. The van der Waals surface area contributed by atoms with Crippen molar-refractivity contribution in [1.29, 1.82) is 0 Å². The summed E-state index contributed by atoms with van der Waals surface area (Å²) < 4.78 is 7.52. The highest BCUT2D eigenvalue weighted by molar-refractivity contribution is 9.10. The van der Waals surface area contributed by atoms with Crippen LogP contribution in [0.1, 0.15) is 26.2 Å². The molecule has 0 spiro atoms. The molecule has 0 unspecified atom stereocenters. The zero-order chi connectivity index (χ0) is 23.2. The topological polar surface area (TPSA) is 120 Å².